The summed E-state index contributed by atoms with van der Waals surface area (Å²) in [4.78, 5) is 16.1. The van der Waals surface area contributed by atoms with E-state index in [4.69, 9.17) is 0 Å². The molecule has 2 nitrogen and oxygen atoms in total. The molecule has 2 aromatic carbocycles. The molecule has 0 bridgehead atoms. The summed E-state index contributed by atoms with van der Waals surface area (Å²) in [6.07, 6.45) is 2.66. The first-order chi connectivity index (χ1) is 12.8. The van der Waals surface area contributed by atoms with Gasteiger partial charge >= 0.3 is 0 Å². The lowest BCUT2D eigenvalue weighted by Crippen LogP contribution is -2.38. The maximum Gasteiger partial charge on any atom is 0.226 e. The van der Waals surface area contributed by atoms with Crippen LogP contribution in [0.1, 0.15) is 29.2 Å². The summed E-state index contributed by atoms with van der Waals surface area (Å²) in [5, 5.41) is 2.14. The van der Waals surface area contributed by atoms with Gasteiger partial charge in [0.2, 0.25) is 5.91 Å². The Labute approximate surface area is 159 Å². The molecule has 0 saturated carbocycles. The van der Waals surface area contributed by atoms with E-state index in [1.807, 2.05) is 34.4 Å². The number of nitrogens with zero attached hydrogens (tertiary/aromatic N) is 1. The summed E-state index contributed by atoms with van der Waals surface area (Å²) >= 11 is 1.84. The molecule has 132 valence electrons. The summed E-state index contributed by atoms with van der Waals surface area (Å²) in [7, 11) is 0. The number of hydrogen-bond acceptors (Lipinski definition) is 2. The summed E-state index contributed by atoms with van der Waals surface area (Å²) in [6.45, 7) is 1.76. The lowest BCUT2D eigenvalue weighted by molar-refractivity contribution is -0.131. The van der Waals surface area contributed by atoms with E-state index in [9.17, 15) is 4.79 Å². The number of carbonyl (C=O) groups is 1. The highest BCUT2D eigenvalue weighted by Crippen LogP contribution is 2.31. The minimum absolute atomic E-state index is 0.252. The first-order valence-electron chi connectivity index (χ1n) is 9.25. The monoisotopic (exact) mass is 361 g/mol. The van der Waals surface area contributed by atoms with Crippen molar-refractivity contribution in [2.75, 3.05) is 13.1 Å². The van der Waals surface area contributed by atoms with Crippen molar-refractivity contribution in [3.63, 3.8) is 0 Å². The maximum absolute atomic E-state index is 12.6. The van der Waals surface area contributed by atoms with Gasteiger partial charge in [0.05, 0.1) is 6.42 Å². The number of amides is 1. The van der Waals surface area contributed by atoms with Crippen molar-refractivity contribution < 1.29 is 4.79 Å². The van der Waals surface area contributed by atoms with Gasteiger partial charge in [-0.2, -0.15) is 0 Å². The van der Waals surface area contributed by atoms with Crippen molar-refractivity contribution in [1.82, 2.24) is 4.90 Å². The normalized spacial score (nSPS) is 15.2. The fourth-order valence-electron chi connectivity index (χ4n) is 3.67. The predicted octanol–water partition coefficient (Wildman–Crippen LogP) is 5.36. The third kappa shape index (κ3) is 3.88. The standard InChI is InChI=1S/C23H23NOS/c25-23(24-14-12-21(13-15-24)22-7-4-16-26-22)17-18-8-10-20(11-9-18)19-5-2-1-3-6-19/h1-11,16,21H,12-15,17H2. The molecule has 0 spiro atoms. The molecule has 0 N–H and O–H groups in total. The fraction of sp³-hybridized carbons (Fsp3) is 0.261. The van der Waals surface area contributed by atoms with E-state index in [0.29, 0.717) is 12.3 Å². The Morgan fingerprint density at radius 1 is 0.885 bits per heavy atom. The molecule has 3 heteroatoms. The van der Waals surface area contributed by atoms with Crippen molar-refractivity contribution in [2.45, 2.75) is 25.2 Å². The van der Waals surface area contributed by atoms with E-state index >= 15 is 0 Å². The topological polar surface area (TPSA) is 20.3 Å². The highest BCUT2D eigenvalue weighted by atomic mass is 32.1. The molecule has 26 heavy (non-hydrogen) atoms. The van der Waals surface area contributed by atoms with E-state index < -0.39 is 0 Å². The molecule has 1 amide bonds. The first-order valence-corrected chi connectivity index (χ1v) is 10.1. The van der Waals surface area contributed by atoms with Gasteiger partial charge in [0.1, 0.15) is 0 Å². The van der Waals surface area contributed by atoms with Crippen LogP contribution in [0.4, 0.5) is 0 Å². The van der Waals surface area contributed by atoms with Gasteiger partial charge < -0.3 is 4.90 Å². The van der Waals surface area contributed by atoms with Crippen molar-refractivity contribution in [2.24, 2.45) is 0 Å². The molecule has 4 rings (SSSR count). The SMILES string of the molecule is O=C(Cc1ccc(-c2ccccc2)cc1)N1CCC(c2cccs2)CC1. The van der Waals surface area contributed by atoms with Crippen molar-refractivity contribution in [1.29, 1.82) is 0 Å². The van der Waals surface area contributed by atoms with E-state index in [0.717, 1.165) is 31.5 Å². The zero-order valence-electron chi connectivity index (χ0n) is 14.8. The van der Waals surface area contributed by atoms with E-state index in [-0.39, 0.29) is 5.91 Å². The Morgan fingerprint density at radius 3 is 2.23 bits per heavy atom. The number of carbonyl (C=O) groups excluding carboxylic acids is 1. The minimum atomic E-state index is 0.252. The molecule has 0 radical (unpaired) electrons. The van der Waals surface area contributed by atoms with Gasteiger partial charge in [0.25, 0.3) is 0 Å². The first kappa shape index (κ1) is 17.0. The summed E-state index contributed by atoms with van der Waals surface area (Å²) in [6, 6.07) is 23.1. The largest absolute Gasteiger partial charge is 0.342 e. The maximum atomic E-state index is 12.6. The van der Waals surface area contributed by atoms with Gasteiger partial charge in [-0.15, -0.1) is 11.3 Å². The summed E-state index contributed by atoms with van der Waals surface area (Å²) in [5.74, 6) is 0.881. The zero-order valence-corrected chi connectivity index (χ0v) is 15.6. The Balaban J connectivity index is 1.34. The van der Waals surface area contributed by atoms with Crippen LogP contribution in [0.15, 0.2) is 72.1 Å². The Kier molecular flexibility index (Phi) is 5.16. The van der Waals surface area contributed by atoms with E-state index in [1.165, 1.54) is 16.0 Å². The third-order valence-corrected chi connectivity index (χ3v) is 6.24. The van der Waals surface area contributed by atoms with Crippen molar-refractivity contribution in [3.05, 3.63) is 82.6 Å². The molecule has 1 aliphatic rings. The Bertz CT molecular complexity index is 832. The van der Waals surface area contributed by atoms with E-state index in [2.05, 4.69) is 53.9 Å². The molecule has 1 aliphatic heterocycles. The smallest absolute Gasteiger partial charge is 0.226 e. The number of benzene rings is 2. The van der Waals surface area contributed by atoms with Crippen molar-refractivity contribution >= 4 is 17.2 Å². The fourth-order valence-corrected chi connectivity index (χ4v) is 4.57. The highest BCUT2D eigenvalue weighted by Gasteiger charge is 2.24. The van der Waals surface area contributed by atoms with E-state index in [1.54, 1.807) is 0 Å². The van der Waals surface area contributed by atoms with Gasteiger partial charge in [-0.05, 0) is 46.9 Å². The Hall–Kier alpha value is -2.39. The lowest BCUT2D eigenvalue weighted by Gasteiger charge is -2.31. The van der Waals surface area contributed by atoms with Crippen LogP contribution < -0.4 is 0 Å². The molecular weight excluding hydrogens is 338 g/mol. The molecule has 1 saturated heterocycles. The van der Waals surface area contributed by atoms with Gasteiger partial charge in [-0.25, -0.2) is 0 Å². The molecule has 1 fully saturated rings. The second-order valence-electron chi connectivity index (χ2n) is 6.91. The number of thiophene rings is 1. The number of rotatable bonds is 4. The lowest BCUT2D eigenvalue weighted by atomic mass is 9.95. The van der Waals surface area contributed by atoms with Gasteiger partial charge in [0.15, 0.2) is 0 Å². The van der Waals surface area contributed by atoms with Crippen LogP contribution in [0.5, 0.6) is 0 Å². The Morgan fingerprint density at radius 2 is 1.58 bits per heavy atom. The molecule has 0 unspecified atom stereocenters. The molecule has 0 atom stereocenters. The van der Waals surface area contributed by atoms with Crippen LogP contribution in [0, 0.1) is 0 Å². The van der Waals surface area contributed by atoms with Crippen LogP contribution in [0.25, 0.3) is 11.1 Å². The third-order valence-electron chi connectivity index (χ3n) is 5.21. The summed E-state index contributed by atoms with van der Waals surface area (Å²) < 4.78 is 0. The van der Waals surface area contributed by atoms with Crippen LogP contribution in [0.2, 0.25) is 0 Å². The molecular formula is C23H23NOS. The van der Waals surface area contributed by atoms with Crippen LogP contribution in [-0.2, 0) is 11.2 Å². The average Bonchev–Trinajstić information content (AvgIpc) is 3.24. The van der Waals surface area contributed by atoms with Crippen molar-refractivity contribution in [3.8, 4) is 11.1 Å². The van der Waals surface area contributed by atoms with Crippen LogP contribution >= 0.6 is 11.3 Å². The predicted molar refractivity (Wildman–Crippen MR) is 108 cm³/mol. The second kappa shape index (κ2) is 7.88. The molecule has 2 heterocycles. The number of likely N-dealkylation sites (tertiary alicyclic amines) is 1. The van der Waals surface area contributed by atoms with Gasteiger partial charge in [0, 0.05) is 18.0 Å². The second-order valence-corrected chi connectivity index (χ2v) is 7.89. The highest BCUT2D eigenvalue weighted by molar-refractivity contribution is 7.10. The zero-order chi connectivity index (χ0) is 17.8. The molecule has 3 aromatic rings. The molecule has 1 aromatic heterocycles. The quantitative estimate of drug-likeness (QED) is 0.612. The van der Waals surface area contributed by atoms with Gasteiger partial charge in [-0.1, -0.05) is 60.7 Å². The minimum Gasteiger partial charge on any atom is -0.342 e. The number of piperidine rings is 1. The average molecular weight is 362 g/mol. The number of hydrogen-bond donors (Lipinski definition) is 0. The summed E-state index contributed by atoms with van der Waals surface area (Å²) in [5.41, 5.74) is 3.50. The van der Waals surface area contributed by atoms with Crippen LogP contribution in [-0.4, -0.2) is 23.9 Å². The molecule has 0 aliphatic carbocycles. The van der Waals surface area contributed by atoms with Gasteiger partial charge in [-0.3, -0.25) is 4.79 Å². The van der Waals surface area contributed by atoms with Crippen LogP contribution in [0.3, 0.4) is 0 Å².